The summed E-state index contributed by atoms with van der Waals surface area (Å²) >= 11 is 0. The molecule has 0 aliphatic carbocycles. The second-order valence-electron chi connectivity index (χ2n) is 4.60. The van der Waals surface area contributed by atoms with Gasteiger partial charge in [-0.05, 0) is 6.42 Å². The van der Waals surface area contributed by atoms with Crippen molar-refractivity contribution in [1.82, 2.24) is 10.2 Å². The third-order valence-corrected chi connectivity index (χ3v) is 3.31. The Balaban J connectivity index is 2.92. The minimum atomic E-state index is -0.713. The molecule has 0 aromatic rings. The first-order valence-corrected chi connectivity index (χ1v) is 6.64. The molecule has 2 amide bonds. The van der Waals surface area contributed by atoms with E-state index < -0.39 is 12.0 Å². The van der Waals surface area contributed by atoms with Crippen molar-refractivity contribution in [2.75, 3.05) is 26.8 Å². The molecule has 114 valence electrons. The highest BCUT2D eigenvalue weighted by Crippen LogP contribution is 2.16. The summed E-state index contributed by atoms with van der Waals surface area (Å²) < 4.78 is 5.25. The van der Waals surface area contributed by atoms with Crippen LogP contribution in [0.1, 0.15) is 19.8 Å². The Labute approximate surface area is 117 Å². The highest BCUT2D eigenvalue weighted by atomic mass is 16.5. The van der Waals surface area contributed by atoms with E-state index in [-0.39, 0.29) is 24.3 Å². The zero-order chi connectivity index (χ0) is 15.1. The largest absolute Gasteiger partial charge is 0.409 e. The number of nitrogens with two attached hydrogens (primary N) is 1. The zero-order valence-corrected chi connectivity index (χ0v) is 11.8. The van der Waals surface area contributed by atoms with Gasteiger partial charge < -0.3 is 25.9 Å². The first-order valence-electron chi connectivity index (χ1n) is 6.64. The lowest BCUT2D eigenvalue weighted by atomic mass is 9.99. The number of oxime groups is 1. The van der Waals surface area contributed by atoms with Gasteiger partial charge in [-0.3, -0.25) is 9.59 Å². The predicted octanol–water partition coefficient (Wildman–Crippen LogP) is -0.877. The summed E-state index contributed by atoms with van der Waals surface area (Å²) in [6, 6.07) is -0.674. The third kappa shape index (κ3) is 3.60. The number of hydrogen-bond donors (Lipinski definition) is 3. The van der Waals surface area contributed by atoms with Crippen LogP contribution in [0.15, 0.2) is 5.16 Å². The fourth-order valence-corrected chi connectivity index (χ4v) is 2.21. The molecule has 1 fully saturated rings. The molecule has 1 aliphatic rings. The molecule has 0 bridgehead atoms. The average molecular weight is 286 g/mol. The lowest BCUT2D eigenvalue weighted by Gasteiger charge is -2.36. The molecule has 1 heterocycles. The van der Waals surface area contributed by atoms with Crippen molar-refractivity contribution in [3.05, 3.63) is 0 Å². The normalized spacial score (nSPS) is 21.4. The molecule has 0 aromatic carbocycles. The molecule has 0 spiro atoms. The van der Waals surface area contributed by atoms with Crippen molar-refractivity contribution in [1.29, 1.82) is 0 Å². The van der Waals surface area contributed by atoms with E-state index in [1.165, 1.54) is 11.9 Å². The number of nitrogens with zero attached hydrogens (tertiary/aromatic N) is 2. The Hall–Kier alpha value is -1.83. The Morgan fingerprint density at radius 1 is 1.60 bits per heavy atom. The molecule has 2 atom stereocenters. The quantitative estimate of drug-likeness (QED) is 0.263. The standard InChI is InChI=1S/C12H22N4O4/c1-3-4-8(10(13)15-19)12(18)16-5-6-20-7-9(16)11(17)14-2/h8-9,19H,3-7H2,1-2H3,(H2,13,15)(H,14,17). The van der Waals surface area contributed by atoms with E-state index in [4.69, 9.17) is 15.7 Å². The number of amides is 2. The summed E-state index contributed by atoms with van der Waals surface area (Å²) in [6.07, 6.45) is 1.17. The Bertz CT molecular complexity index is 386. The Kier molecular flexibility index (Phi) is 6.23. The van der Waals surface area contributed by atoms with Crippen LogP contribution in [0.25, 0.3) is 0 Å². The summed E-state index contributed by atoms with van der Waals surface area (Å²) in [7, 11) is 1.51. The van der Waals surface area contributed by atoms with E-state index in [9.17, 15) is 9.59 Å². The molecule has 8 nitrogen and oxygen atoms in total. The second-order valence-corrected chi connectivity index (χ2v) is 4.60. The SMILES string of the molecule is CCCC(C(=O)N1CCOCC1C(=O)NC)C(N)=NO. The van der Waals surface area contributed by atoms with Crippen molar-refractivity contribution >= 4 is 17.6 Å². The van der Waals surface area contributed by atoms with Gasteiger partial charge in [-0.2, -0.15) is 0 Å². The molecule has 1 aliphatic heterocycles. The lowest BCUT2D eigenvalue weighted by molar-refractivity contribution is -0.150. The molecule has 0 saturated carbocycles. The first-order chi connectivity index (χ1) is 9.56. The van der Waals surface area contributed by atoms with Gasteiger partial charge in [0, 0.05) is 13.6 Å². The minimum Gasteiger partial charge on any atom is -0.409 e. The average Bonchev–Trinajstić information content (AvgIpc) is 2.50. The number of nitrogens with one attached hydrogen (secondary N) is 1. The van der Waals surface area contributed by atoms with E-state index in [1.807, 2.05) is 6.92 Å². The van der Waals surface area contributed by atoms with E-state index in [0.29, 0.717) is 26.0 Å². The van der Waals surface area contributed by atoms with Crippen LogP contribution in [-0.4, -0.2) is 60.6 Å². The number of hydrogen-bond acceptors (Lipinski definition) is 5. The molecule has 2 unspecified atom stereocenters. The molecule has 0 aromatic heterocycles. The first kappa shape index (κ1) is 16.2. The number of morpholine rings is 1. The van der Waals surface area contributed by atoms with Crippen LogP contribution < -0.4 is 11.1 Å². The molecular formula is C12H22N4O4. The number of rotatable bonds is 5. The van der Waals surface area contributed by atoms with E-state index in [2.05, 4.69) is 10.5 Å². The summed E-state index contributed by atoms with van der Waals surface area (Å²) in [5.41, 5.74) is 5.59. The second kappa shape index (κ2) is 7.68. The Morgan fingerprint density at radius 2 is 2.30 bits per heavy atom. The van der Waals surface area contributed by atoms with Crippen LogP contribution in [0.3, 0.4) is 0 Å². The van der Waals surface area contributed by atoms with Crippen molar-refractivity contribution in [2.24, 2.45) is 16.8 Å². The fraction of sp³-hybridized carbons (Fsp3) is 0.750. The minimum absolute atomic E-state index is 0.126. The maximum atomic E-state index is 12.5. The maximum Gasteiger partial charge on any atom is 0.244 e. The van der Waals surface area contributed by atoms with Gasteiger partial charge in [-0.1, -0.05) is 18.5 Å². The van der Waals surface area contributed by atoms with Crippen molar-refractivity contribution in [3.8, 4) is 0 Å². The monoisotopic (exact) mass is 286 g/mol. The van der Waals surface area contributed by atoms with Gasteiger partial charge in [-0.15, -0.1) is 0 Å². The summed E-state index contributed by atoms with van der Waals surface area (Å²) in [5.74, 6) is -1.43. The summed E-state index contributed by atoms with van der Waals surface area (Å²) in [4.78, 5) is 25.8. The van der Waals surface area contributed by atoms with Gasteiger partial charge in [0.1, 0.15) is 6.04 Å². The van der Waals surface area contributed by atoms with Gasteiger partial charge in [0.05, 0.1) is 19.1 Å². The number of carbonyl (C=O) groups is 2. The molecular weight excluding hydrogens is 264 g/mol. The van der Waals surface area contributed by atoms with Gasteiger partial charge in [0.25, 0.3) is 0 Å². The number of amidine groups is 1. The van der Waals surface area contributed by atoms with Crippen molar-refractivity contribution in [3.63, 3.8) is 0 Å². The van der Waals surface area contributed by atoms with Crippen LogP contribution in [-0.2, 0) is 14.3 Å². The highest BCUT2D eigenvalue weighted by Gasteiger charge is 2.36. The third-order valence-electron chi connectivity index (χ3n) is 3.31. The highest BCUT2D eigenvalue weighted by molar-refractivity contribution is 6.03. The number of likely N-dealkylation sites (N-methyl/N-ethyl adjacent to an activating group) is 1. The van der Waals surface area contributed by atoms with E-state index in [1.54, 1.807) is 0 Å². The van der Waals surface area contributed by atoms with Crippen molar-refractivity contribution < 1.29 is 19.5 Å². The number of ether oxygens (including phenoxy) is 1. The predicted molar refractivity (Wildman–Crippen MR) is 72.2 cm³/mol. The molecule has 1 saturated heterocycles. The molecule has 0 radical (unpaired) electrons. The van der Waals surface area contributed by atoms with Crippen LogP contribution in [0, 0.1) is 5.92 Å². The van der Waals surface area contributed by atoms with Gasteiger partial charge in [0.2, 0.25) is 11.8 Å². The van der Waals surface area contributed by atoms with Gasteiger partial charge in [0.15, 0.2) is 5.84 Å². The maximum absolute atomic E-state index is 12.5. The fourth-order valence-electron chi connectivity index (χ4n) is 2.21. The number of carbonyl (C=O) groups excluding carboxylic acids is 2. The van der Waals surface area contributed by atoms with Crippen molar-refractivity contribution in [2.45, 2.75) is 25.8 Å². The molecule has 20 heavy (non-hydrogen) atoms. The molecule has 4 N–H and O–H groups in total. The smallest absolute Gasteiger partial charge is 0.244 e. The topological polar surface area (TPSA) is 117 Å². The van der Waals surface area contributed by atoms with E-state index >= 15 is 0 Å². The van der Waals surface area contributed by atoms with Gasteiger partial charge in [-0.25, -0.2) is 0 Å². The lowest BCUT2D eigenvalue weighted by Crippen LogP contribution is -2.57. The van der Waals surface area contributed by atoms with Crippen LogP contribution in [0.4, 0.5) is 0 Å². The Morgan fingerprint density at radius 3 is 2.85 bits per heavy atom. The van der Waals surface area contributed by atoms with Crippen LogP contribution in [0.5, 0.6) is 0 Å². The molecule has 1 rings (SSSR count). The van der Waals surface area contributed by atoms with Crippen LogP contribution in [0.2, 0.25) is 0 Å². The summed E-state index contributed by atoms with van der Waals surface area (Å²) in [5, 5.41) is 14.2. The summed E-state index contributed by atoms with van der Waals surface area (Å²) in [6.45, 7) is 2.74. The van der Waals surface area contributed by atoms with Gasteiger partial charge >= 0.3 is 0 Å². The molecule has 8 heteroatoms. The zero-order valence-electron chi connectivity index (χ0n) is 11.8. The van der Waals surface area contributed by atoms with E-state index in [0.717, 1.165) is 0 Å². The van der Waals surface area contributed by atoms with Crippen LogP contribution >= 0.6 is 0 Å².